The first-order valence-corrected chi connectivity index (χ1v) is 8.95. The second-order valence-electron chi connectivity index (χ2n) is 4.83. The van der Waals surface area contributed by atoms with Crippen LogP contribution in [0.1, 0.15) is 23.8 Å². The third-order valence-electron chi connectivity index (χ3n) is 3.27. The van der Waals surface area contributed by atoms with Gasteiger partial charge >= 0.3 is 0 Å². The fraction of sp³-hybridized carbons (Fsp3) is 0.214. The molecule has 2 aromatic rings. The van der Waals surface area contributed by atoms with E-state index in [9.17, 15) is 8.42 Å². The number of hydrogen-bond donors (Lipinski definition) is 0. The van der Waals surface area contributed by atoms with Crippen molar-refractivity contribution in [3.8, 4) is 0 Å². The number of furan rings is 1. The second kappa shape index (κ2) is 5.31. The van der Waals surface area contributed by atoms with Crippen molar-refractivity contribution in [3.63, 3.8) is 0 Å². The summed E-state index contributed by atoms with van der Waals surface area (Å²) in [5.41, 5.74) is 1.53. The molecule has 0 spiro atoms. The molecule has 7 heteroatoms. The summed E-state index contributed by atoms with van der Waals surface area (Å²) in [6.07, 6.45) is 3.20. The molecule has 2 heterocycles. The van der Waals surface area contributed by atoms with E-state index in [4.69, 9.17) is 4.42 Å². The predicted octanol–water partition coefficient (Wildman–Crippen LogP) is 3.15. The molecule has 0 bridgehead atoms. The van der Waals surface area contributed by atoms with Crippen LogP contribution in [0.25, 0.3) is 0 Å². The first-order chi connectivity index (χ1) is 9.95. The van der Waals surface area contributed by atoms with Crippen LogP contribution in [0.3, 0.4) is 0 Å². The van der Waals surface area contributed by atoms with Gasteiger partial charge in [-0.25, -0.2) is 8.42 Å². The zero-order valence-corrected chi connectivity index (χ0v) is 13.6. The lowest BCUT2D eigenvalue weighted by atomic mass is 10.0. The third kappa shape index (κ3) is 2.89. The molecule has 0 fully saturated rings. The van der Waals surface area contributed by atoms with E-state index >= 15 is 0 Å². The van der Waals surface area contributed by atoms with Gasteiger partial charge in [-0.2, -0.15) is 9.52 Å². The van der Waals surface area contributed by atoms with E-state index in [-0.39, 0.29) is 6.04 Å². The summed E-state index contributed by atoms with van der Waals surface area (Å²) in [6, 6.07) is 10.8. The average Bonchev–Trinajstić information content (AvgIpc) is 3.07. The third-order valence-corrected chi connectivity index (χ3v) is 4.82. The van der Waals surface area contributed by atoms with Crippen LogP contribution in [-0.2, 0) is 10.0 Å². The van der Waals surface area contributed by atoms with E-state index in [1.165, 1.54) is 0 Å². The molecule has 0 radical (unpaired) electrons. The minimum Gasteiger partial charge on any atom is -0.463 e. The van der Waals surface area contributed by atoms with Gasteiger partial charge in [0, 0.05) is 10.9 Å². The van der Waals surface area contributed by atoms with Crippen molar-refractivity contribution in [1.82, 2.24) is 4.41 Å². The van der Waals surface area contributed by atoms with Crippen LogP contribution in [0.2, 0.25) is 0 Å². The summed E-state index contributed by atoms with van der Waals surface area (Å²) in [7, 11) is -3.44. The topological polar surface area (TPSA) is 62.9 Å². The molecule has 3 rings (SSSR count). The Bertz CT molecular complexity index is 767. The van der Waals surface area contributed by atoms with Crippen LogP contribution in [0.15, 0.2) is 56.7 Å². The quantitative estimate of drug-likeness (QED) is 0.835. The minimum atomic E-state index is -3.44. The van der Waals surface area contributed by atoms with Crippen LogP contribution in [0, 0.1) is 0 Å². The molecule has 5 nitrogen and oxygen atoms in total. The Morgan fingerprint density at radius 3 is 2.57 bits per heavy atom. The van der Waals surface area contributed by atoms with Crippen LogP contribution in [0.5, 0.6) is 0 Å². The van der Waals surface area contributed by atoms with Crippen LogP contribution in [0.4, 0.5) is 0 Å². The van der Waals surface area contributed by atoms with Gasteiger partial charge in [-0.15, -0.1) is 0 Å². The van der Waals surface area contributed by atoms with Crippen molar-refractivity contribution in [2.75, 3.05) is 6.26 Å². The smallest absolute Gasteiger partial charge is 0.247 e. The van der Waals surface area contributed by atoms with Gasteiger partial charge in [0.2, 0.25) is 10.0 Å². The van der Waals surface area contributed by atoms with E-state index in [2.05, 4.69) is 21.0 Å². The monoisotopic (exact) mass is 368 g/mol. The largest absolute Gasteiger partial charge is 0.463 e. The Morgan fingerprint density at radius 2 is 2.00 bits per heavy atom. The molecule has 1 aromatic carbocycles. The maximum Gasteiger partial charge on any atom is 0.247 e. The molecule has 1 atom stereocenters. The number of halogens is 1. The Hall–Kier alpha value is -1.60. The van der Waals surface area contributed by atoms with E-state index in [1.807, 2.05) is 24.3 Å². The van der Waals surface area contributed by atoms with Crippen molar-refractivity contribution in [2.24, 2.45) is 5.10 Å². The number of rotatable bonds is 3. The van der Waals surface area contributed by atoms with E-state index in [0.717, 1.165) is 20.7 Å². The Morgan fingerprint density at radius 1 is 1.29 bits per heavy atom. The summed E-state index contributed by atoms with van der Waals surface area (Å²) in [6.45, 7) is 0. The predicted molar refractivity (Wildman–Crippen MR) is 83.4 cm³/mol. The van der Waals surface area contributed by atoms with Crippen molar-refractivity contribution >= 4 is 31.7 Å². The number of hydrazone groups is 1. The molecule has 1 aliphatic rings. The van der Waals surface area contributed by atoms with Crippen molar-refractivity contribution in [3.05, 3.63) is 58.5 Å². The summed E-state index contributed by atoms with van der Waals surface area (Å²) in [5.74, 6) is 0.600. The highest BCUT2D eigenvalue weighted by molar-refractivity contribution is 9.10. The zero-order chi connectivity index (χ0) is 15.0. The molecular formula is C14H13BrN2O3S. The fourth-order valence-corrected chi connectivity index (χ4v) is 3.49. The number of nitrogens with zero attached hydrogens (tertiary/aromatic N) is 2. The first-order valence-electron chi connectivity index (χ1n) is 6.31. The Labute approximate surface area is 131 Å². The van der Waals surface area contributed by atoms with Crippen LogP contribution in [-0.4, -0.2) is 24.8 Å². The Kier molecular flexibility index (Phi) is 3.62. The molecule has 0 unspecified atom stereocenters. The van der Waals surface area contributed by atoms with Gasteiger partial charge in [0.05, 0.1) is 18.6 Å². The zero-order valence-electron chi connectivity index (χ0n) is 11.2. The SMILES string of the molecule is CS(=O)(=O)N1N=C(c2ccco2)C[C@H]1c1ccc(Br)cc1. The Balaban J connectivity index is 2.00. The maximum atomic E-state index is 12.0. The molecule has 21 heavy (non-hydrogen) atoms. The van der Waals surface area contributed by atoms with Gasteiger partial charge in [-0.1, -0.05) is 28.1 Å². The normalized spacial score (nSPS) is 18.9. The summed E-state index contributed by atoms with van der Waals surface area (Å²) in [4.78, 5) is 0. The molecular weight excluding hydrogens is 356 g/mol. The van der Waals surface area contributed by atoms with Gasteiger partial charge < -0.3 is 4.42 Å². The molecule has 0 saturated heterocycles. The van der Waals surface area contributed by atoms with E-state index < -0.39 is 10.0 Å². The van der Waals surface area contributed by atoms with Gasteiger partial charge in [0.25, 0.3) is 0 Å². The average molecular weight is 369 g/mol. The molecule has 0 saturated carbocycles. The molecule has 0 amide bonds. The van der Waals surface area contributed by atoms with Gasteiger partial charge in [-0.3, -0.25) is 0 Å². The summed E-state index contributed by atoms with van der Waals surface area (Å²) in [5, 5.41) is 4.24. The van der Waals surface area contributed by atoms with Gasteiger partial charge in [0.15, 0.2) is 0 Å². The highest BCUT2D eigenvalue weighted by Crippen LogP contribution is 2.34. The van der Waals surface area contributed by atoms with Crippen LogP contribution >= 0.6 is 15.9 Å². The van der Waals surface area contributed by atoms with Crippen molar-refractivity contribution < 1.29 is 12.8 Å². The lowest BCUT2D eigenvalue weighted by Crippen LogP contribution is -2.25. The highest BCUT2D eigenvalue weighted by Gasteiger charge is 2.35. The van der Waals surface area contributed by atoms with E-state index in [0.29, 0.717) is 17.9 Å². The molecule has 110 valence electrons. The molecule has 0 N–H and O–H groups in total. The number of sulfonamides is 1. The molecule has 0 aliphatic carbocycles. The fourth-order valence-electron chi connectivity index (χ4n) is 2.32. The summed E-state index contributed by atoms with van der Waals surface area (Å²) < 4.78 is 31.4. The van der Waals surface area contributed by atoms with E-state index in [1.54, 1.807) is 18.4 Å². The summed E-state index contributed by atoms with van der Waals surface area (Å²) >= 11 is 3.38. The van der Waals surface area contributed by atoms with Gasteiger partial charge in [-0.05, 0) is 29.8 Å². The second-order valence-corrected chi connectivity index (χ2v) is 7.59. The van der Waals surface area contributed by atoms with Crippen molar-refractivity contribution in [2.45, 2.75) is 12.5 Å². The maximum absolute atomic E-state index is 12.0. The van der Waals surface area contributed by atoms with Gasteiger partial charge in [0.1, 0.15) is 11.5 Å². The highest BCUT2D eigenvalue weighted by atomic mass is 79.9. The lowest BCUT2D eigenvalue weighted by Gasteiger charge is -2.21. The number of benzene rings is 1. The molecule has 1 aromatic heterocycles. The first kappa shape index (κ1) is 14.3. The van der Waals surface area contributed by atoms with Crippen molar-refractivity contribution in [1.29, 1.82) is 0 Å². The van der Waals surface area contributed by atoms with Crippen LogP contribution < -0.4 is 0 Å². The molecule has 1 aliphatic heterocycles. The lowest BCUT2D eigenvalue weighted by molar-refractivity contribution is 0.375. The standard InChI is InChI=1S/C14H13BrN2O3S/c1-21(18,19)17-13(10-4-6-11(15)7-5-10)9-12(16-17)14-3-2-8-20-14/h2-8,13H,9H2,1H3/t13-/m0/s1. The number of hydrogen-bond acceptors (Lipinski definition) is 4. The minimum absolute atomic E-state index is 0.340.